The average Bonchev–Trinajstić information content (AvgIpc) is 3.32. The van der Waals surface area contributed by atoms with Crippen LogP contribution in [-0.4, -0.2) is 28.8 Å². The largest absolute Gasteiger partial charge is 0.444 e. The molecular weight excluding hydrogens is 422 g/mol. The number of unbranched alkanes of at least 4 members (excludes halogenated alkanes) is 3. The summed E-state index contributed by atoms with van der Waals surface area (Å²) in [6.07, 6.45) is 8.52. The summed E-state index contributed by atoms with van der Waals surface area (Å²) in [6, 6.07) is 0. The Morgan fingerprint density at radius 2 is 1.87 bits per heavy atom. The lowest BCUT2D eigenvalue weighted by Crippen LogP contribution is -2.21. The Labute approximate surface area is 186 Å². The van der Waals surface area contributed by atoms with Gasteiger partial charge < -0.3 is 4.42 Å². The van der Waals surface area contributed by atoms with Gasteiger partial charge in [-0.1, -0.05) is 33.6 Å². The molecule has 0 saturated carbocycles. The van der Waals surface area contributed by atoms with Crippen LogP contribution < -0.4 is 5.48 Å². The number of Topliss-reactive ketones (excluding diaryl/α,β-unsaturated/α-hetero) is 1. The maximum Gasteiger partial charge on any atom is 0.243 e. The highest BCUT2D eigenvalue weighted by Gasteiger charge is 2.19. The highest BCUT2D eigenvalue weighted by atomic mass is 32.2. The number of nitrogens with zero attached hydrogens (tertiary/aromatic N) is 2. The van der Waals surface area contributed by atoms with E-state index in [-0.39, 0.29) is 17.1 Å². The van der Waals surface area contributed by atoms with Gasteiger partial charge in [0, 0.05) is 18.3 Å². The number of thiazole rings is 1. The van der Waals surface area contributed by atoms with Crippen LogP contribution >= 0.6 is 23.1 Å². The first-order valence-corrected chi connectivity index (χ1v) is 11.9. The molecule has 0 atom stereocenters. The van der Waals surface area contributed by atoms with E-state index in [0.29, 0.717) is 30.9 Å². The van der Waals surface area contributed by atoms with Gasteiger partial charge in [0.05, 0.1) is 35.9 Å². The van der Waals surface area contributed by atoms with Gasteiger partial charge in [0.2, 0.25) is 11.8 Å². The number of thioether (sulfide) groups is 1. The van der Waals surface area contributed by atoms with E-state index in [1.165, 1.54) is 7.11 Å². The van der Waals surface area contributed by atoms with Gasteiger partial charge in [-0.25, -0.2) is 15.4 Å². The molecular formula is C21H31N3O4S2. The zero-order valence-electron chi connectivity index (χ0n) is 18.2. The zero-order chi connectivity index (χ0) is 22.0. The number of amides is 1. The minimum atomic E-state index is -0.108. The Bertz CT molecular complexity index is 811. The molecule has 0 aliphatic rings. The number of carbonyl (C=O) groups excluding carboxylic acids is 2. The molecule has 30 heavy (non-hydrogen) atoms. The van der Waals surface area contributed by atoms with Crippen LogP contribution in [0, 0.1) is 0 Å². The fraction of sp³-hybridized carbons (Fsp3) is 0.619. The molecule has 2 aromatic rings. The van der Waals surface area contributed by atoms with E-state index in [1.54, 1.807) is 29.3 Å². The maximum absolute atomic E-state index is 12.2. The van der Waals surface area contributed by atoms with Crippen molar-refractivity contribution < 1.29 is 18.8 Å². The summed E-state index contributed by atoms with van der Waals surface area (Å²) < 4.78 is 6.87. The summed E-state index contributed by atoms with van der Waals surface area (Å²) in [5, 5.41) is 0.849. The summed E-state index contributed by atoms with van der Waals surface area (Å²) in [4.78, 5) is 36.7. The van der Waals surface area contributed by atoms with Crippen molar-refractivity contribution in [1.29, 1.82) is 0 Å². The number of hydrogen-bond acceptors (Lipinski definition) is 8. The van der Waals surface area contributed by atoms with Crippen molar-refractivity contribution >= 4 is 34.8 Å². The second-order valence-corrected chi connectivity index (χ2v) is 10.5. The molecule has 0 aliphatic carbocycles. The monoisotopic (exact) mass is 453 g/mol. The molecule has 0 unspecified atom stereocenters. The van der Waals surface area contributed by atoms with Crippen molar-refractivity contribution in [1.82, 2.24) is 15.4 Å². The Balaban J connectivity index is 1.63. The van der Waals surface area contributed by atoms with Crippen LogP contribution in [0.4, 0.5) is 0 Å². The number of ketones is 1. The molecule has 2 aromatic heterocycles. The molecule has 0 spiro atoms. The number of rotatable bonds is 13. The van der Waals surface area contributed by atoms with Crippen molar-refractivity contribution in [2.24, 2.45) is 0 Å². The molecule has 0 radical (unpaired) electrons. The quantitative estimate of drug-likeness (QED) is 0.263. The molecule has 0 aromatic carbocycles. The topological polar surface area (TPSA) is 94.3 Å². The number of hydroxylamine groups is 1. The van der Waals surface area contributed by atoms with Crippen LogP contribution in [0.15, 0.2) is 21.0 Å². The zero-order valence-corrected chi connectivity index (χ0v) is 19.8. The van der Waals surface area contributed by atoms with E-state index in [1.807, 2.05) is 6.20 Å². The fourth-order valence-corrected chi connectivity index (χ4v) is 4.59. The minimum Gasteiger partial charge on any atom is -0.444 e. The SMILES string of the molecule is CONC(=O)CCCCCCC(=O)Cc1ncc(SCc2ncc(C(C)(C)C)o2)s1. The lowest BCUT2D eigenvalue weighted by atomic mass is 9.94. The van der Waals surface area contributed by atoms with Crippen LogP contribution in [0.5, 0.6) is 0 Å². The van der Waals surface area contributed by atoms with Crippen molar-refractivity contribution in [2.45, 2.75) is 81.1 Å². The van der Waals surface area contributed by atoms with E-state index in [2.05, 4.69) is 41.1 Å². The summed E-state index contributed by atoms with van der Waals surface area (Å²) in [5.74, 6) is 2.33. The summed E-state index contributed by atoms with van der Waals surface area (Å²) in [5.41, 5.74) is 2.25. The van der Waals surface area contributed by atoms with Crippen LogP contribution in [0.1, 0.15) is 76.0 Å². The second-order valence-electron chi connectivity index (χ2n) is 8.09. The maximum atomic E-state index is 12.2. The van der Waals surface area contributed by atoms with E-state index in [4.69, 9.17) is 4.42 Å². The Kier molecular flexibility index (Phi) is 10.0. The number of aromatic nitrogens is 2. The van der Waals surface area contributed by atoms with Crippen LogP contribution in [0.2, 0.25) is 0 Å². The van der Waals surface area contributed by atoms with E-state index in [0.717, 1.165) is 40.7 Å². The molecule has 2 rings (SSSR count). The standard InChI is InChI=1S/C21H31N3O4S2/c1-21(2,3)16-12-22-18(28-16)14-29-20-13-23-19(30-20)11-15(25)9-7-5-6-8-10-17(26)24-27-4/h12-13H,5-11,14H2,1-4H3,(H,24,26). The van der Waals surface area contributed by atoms with E-state index in [9.17, 15) is 9.59 Å². The van der Waals surface area contributed by atoms with Gasteiger partial charge in [-0.05, 0) is 12.8 Å². The van der Waals surface area contributed by atoms with Gasteiger partial charge >= 0.3 is 0 Å². The third-order valence-corrected chi connectivity index (χ3v) is 6.51. The van der Waals surface area contributed by atoms with E-state index >= 15 is 0 Å². The number of nitrogens with one attached hydrogen (secondary N) is 1. The molecule has 0 aliphatic heterocycles. The van der Waals surface area contributed by atoms with Gasteiger partial charge in [-0.3, -0.25) is 14.4 Å². The normalized spacial score (nSPS) is 11.6. The predicted molar refractivity (Wildman–Crippen MR) is 118 cm³/mol. The Hall–Kier alpha value is -1.71. The molecule has 0 fully saturated rings. The average molecular weight is 454 g/mol. The van der Waals surface area contributed by atoms with Crippen LogP contribution in [0.3, 0.4) is 0 Å². The van der Waals surface area contributed by atoms with Crippen molar-refractivity contribution in [3.8, 4) is 0 Å². The first kappa shape index (κ1) is 24.6. The van der Waals surface area contributed by atoms with Gasteiger partial charge in [0.15, 0.2) is 0 Å². The van der Waals surface area contributed by atoms with Gasteiger partial charge in [-0.2, -0.15) is 0 Å². The molecule has 7 nitrogen and oxygen atoms in total. The molecule has 0 saturated heterocycles. The minimum absolute atomic E-state index is 0.0490. The molecule has 1 amide bonds. The van der Waals surface area contributed by atoms with Gasteiger partial charge in [0.1, 0.15) is 16.6 Å². The third-order valence-electron chi connectivity index (χ3n) is 4.34. The lowest BCUT2D eigenvalue weighted by molar-refractivity contribution is -0.131. The molecule has 9 heteroatoms. The molecule has 166 valence electrons. The smallest absolute Gasteiger partial charge is 0.243 e. The fourth-order valence-electron chi connectivity index (χ4n) is 2.68. The Morgan fingerprint density at radius 1 is 1.13 bits per heavy atom. The first-order chi connectivity index (χ1) is 14.3. The lowest BCUT2D eigenvalue weighted by Gasteiger charge is -2.12. The summed E-state index contributed by atoms with van der Waals surface area (Å²) in [6.45, 7) is 6.29. The van der Waals surface area contributed by atoms with Gasteiger partial charge in [-0.15, -0.1) is 23.1 Å². The molecule has 2 heterocycles. The third kappa shape index (κ3) is 8.97. The van der Waals surface area contributed by atoms with Crippen molar-refractivity contribution in [3.63, 3.8) is 0 Å². The highest BCUT2D eigenvalue weighted by molar-refractivity contribution is 8.00. The highest BCUT2D eigenvalue weighted by Crippen LogP contribution is 2.30. The number of oxazole rings is 1. The summed E-state index contributed by atoms with van der Waals surface area (Å²) >= 11 is 3.18. The van der Waals surface area contributed by atoms with E-state index < -0.39 is 0 Å². The van der Waals surface area contributed by atoms with Crippen molar-refractivity contribution in [3.05, 3.63) is 29.1 Å². The Morgan fingerprint density at radius 3 is 2.53 bits per heavy atom. The van der Waals surface area contributed by atoms with Crippen molar-refractivity contribution in [2.75, 3.05) is 7.11 Å². The van der Waals surface area contributed by atoms with Gasteiger partial charge in [0.25, 0.3) is 0 Å². The number of hydrogen-bond donors (Lipinski definition) is 1. The molecule has 1 N–H and O–H groups in total. The second kappa shape index (κ2) is 12.2. The predicted octanol–water partition coefficient (Wildman–Crippen LogP) is 4.85. The molecule has 0 bridgehead atoms. The van der Waals surface area contributed by atoms with Crippen LogP contribution in [-0.2, 0) is 32.0 Å². The first-order valence-electron chi connectivity index (χ1n) is 10.1. The van der Waals surface area contributed by atoms with Crippen LogP contribution in [0.25, 0.3) is 0 Å². The summed E-state index contributed by atoms with van der Waals surface area (Å²) in [7, 11) is 1.42. The number of carbonyl (C=O) groups is 2.